The lowest BCUT2D eigenvalue weighted by Gasteiger charge is -2.38. The Labute approximate surface area is 125 Å². The fourth-order valence-electron chi connectivity index (χ4n) is 3.47. The molecule has 0 aromatic rings. The van der Waals surface area contributed by atoms with Crippen LogP contribution in [0.5, 0.6) is 0 Å². The summed E-state index contributed by atoms with van der Waals surface area (Å²) < 4.78 is 16.6. The quantitative estimate of drug-likeness (QED) is 0.771. The van der Waals surface area contributed by atoms with Gasteiger partial charge in [-0.1, -0.05) is 0 Å². The van der Waals surface area contributed by atoms with Crippen LogP contribution < -0.4 is 0 Å². The van der Waals surface area contributed by atoms with E-state index >= 15 is 0 Å². The van der Waals surface area contributed by atoms with E-state index in [-0.39, 0.29) is 17.7 Å². The third kappa shape index (κ3) is 3.27. The lowest BCUT2D eigenvalue weighted by Crippen LogP contribution is -2.48. The maximum absolute atomic E-state index is 12.3. The van der Waals surface area contributed by atoms with Crippen molar-refractivity contribution in [3.05, 3.63) is 0 Å². The number of methoxy groups -OCH3 is 1. The summed E-state index contributed by atoms with van der Waals surface area (Å²) >= 11 is 0. The van der Waals surface area contributed by atoms with Crippen molar-refractivity contribution in [1.29, 1.82) is 0 Å². The van der Waals surface area contributed by atoms with E-state index in [2.05, 4.69) is 4.99 Å². The maximum atomic E-state index is 12.3. The summed E-state index contributed by atoms with van der Waals surface area (Å²) in [5.74, 6) is 0.303. The second kappa shape index (κ2) is 6.42. The second-order valence-electron chi connectivity index (χ2n) is 6.10. The fraction of sp³-hybridized carbons (Fsp3) is 0.867. The minimum atomic E-state index is -0.361. The molecule has 1 spiro atoms. The molecule has 6 nitrogen and oxygen atoms in total. The Morgan fingerprint density at radius 2 is 2.10 bits per heavy atom. The van der Waals surface area contributed by atoms with Crippen LogP contribution in [0.3, 0.4) is 0 Å². The van der Waals surface area contributed by atoms with Gasteiger partial charge in [-0.3, -0.25) is 9.79 Å². The Balaban J connectivity index is 1.51. The monoisotopic (exact) mass is 296 g/mol. The first-order valence-electron chi connectivity index (χ1n) is 7.80. The van der Waals surface area contributed by atoms with Crippen molar-refractivity contribution in [3.63, 3.8) is 0 Å². The molecule has 1 saturated heterocycles. The predicted octanol–water partition coefficient (Wildman–Crippen LogP) is 0.848. The number of aliphatic imine (C=N–C) groups is 1. The summed E-state index contributed by atoms with van der Waals surface area (Å²) in [6, 6.07) is -0.361. The zero-order valence-electron chi connectivity index (χ0n) is 12.6. The first-order valence-corrected chi connectivity index (χ1v) is 7.80. The minimum Gasteiger partial charge on any atom is -0.382 e. The average molecular weight is 296 g/mol. The number of hydrogen-bond acceptors (Lipinski definition) is 5. The minimum absolute atomic E-state index is 0.0907. The van der Waals surface area contributed by atoms with Gasteiger partial charge in [0, 0.05) is 32.7 Å². The van der Waals surface area contributed by atoms with E-state index in [1.54, 1.807) is 7.11 Å². The van der Waals surface area contributed by atoms with Gasteiger partial charge in [0.05, 0.1) is 26.4 Å². The molecule has 2 aliphatic heterocycles. The molecule has 0 unspecified atom stereocenters. The van der Waals surface area contributed by atoms with Crippen LogP contribution in [-0.2, 0) is 19.0 Å². The van der Waals surface area contributed by atoms with Crippen molar-refractivity contribution in [2.75, 3.05) is 40.0 Å². The van der Waals surface area contributed by atoms with Gasteiger partial charge in [-0.25, -0.2) is 0 Å². The largest absolute Gasteiger partial charge is 0.382 e. The number of rotatable bonds is 4. The summed E-state index contributed by atoms with van der Waals surface area (Å²) in [5.41, 5.74) is 0. The van der Waals surface area contributed by atoms with E-state index in [1.165, 1.54) is 0 Å². The molecule has 0 aromatic heterocycles. The number of carbonyl (C=O) groups is 1. The van der Waals surface area contributed by atoms with Crippen LogP contribution >= 0.6 is 0 Å². The van der Waals surface area contributed by atoms with Crippen molar-refractivity contribution in [2.24, 2.45) is 10.9 Å². The Morgan fingerprint density at radius 3 is 2.76 bits per heavy atom. The molecule has 21 heavy (non-hydrogen) atoms. The second-order valence-corrected chi connectivity index (χ2v) is 6.10. The molecule has 1 aliphatic carbocycles. The maximum Gasteiger partial charge on any atom is 0.250 e. The van der Waals surface area contributed by atoms with Crippen LogP contribution in [-0.4, -0.2) is 68.9 Å². The number of carbonyl (C=O) groups excluding carboxylic acids is 1. The smallest absolute Gasteiger partial charge is 0.250 e. The summed E-state index contributed by atoms with van der Waals surface area (Å²) in [4.78, 5) is 18.5. The standard InChI is InChI=1S/C15H24N2O4/c1-19-11-13-14(18)17(7-6-16-13)10-12-2-4-15(5-3-12)20-8-9-21-15/h6,12-13H,2-5,7-11H2,1H3/t13-/m0/s1. The van der Waals surface area contributed by atoms with Crippen LogP contribution in [0.25, 0.3) is 0 Å². The van der Waals surface area contributed by atoms with Gasteiger partial charge in [0.2, 0.25) is 5.91 Å². The third-order valence-corrected chi connectivity index (χ3v) is 4.67. The van der Waals surface area contributed by atoms with Crippen molar-refractivity contribution in [2.45, 2.75) is 37.5 Å². The zero-order valence-corrected chi connectivity index (χ0v) is 12.6. The molecule has 1 amide bonds. The molecule has 6 heteroatoms. The highest BCUT2D eigenvalue weighted by Crippen LogP contribution is 2.38. The molecule has 118 valence electrons. The summed E-state index contributed by atoms with van der Waals surface area (Å²) in [7, 11) is 1.60. The normalized spacial score (nSPS) is 29.5. The summed E-state index contributed by atoms with van der Waals surface area (Å²) in [6.07, 6.45) is 5.81. The molecule has 0 N–H and O–H groups in total. The average Bonchev–Trinajstić information content (AvgIpc) is 2.94. The molecule has 1 saturated carbocycles. The van der Waals surface area contributed by atoms with Crippen molar-refractivity contribution in [1.82, 2.24) is 4.90 Å². The Morgan fingerprint density at radius 1 is 1.38 bits per heavy atom. The first-order chi connectivity index (χ1) is 10.2. The molecule has 3 aliphatic rings. The van der Waals surface area contributed by atoms with Crippen molar-refractivity contribution < 1.29 is 19.0 Å². The SMILES string of the molecule is COC[C@@H]1N=CCN(CC2CCC3(CC2)OCCO3)C1=O. The van der Waals surface area contributed by atoms with Crippen molar-refractivity contribution >= 4 is 12.1 Å². The summed E-state index contributed by atoms with van der Waals surface area (Å²) in [6.45, 7) is 3.21. The highest BCUT2D eigenvalue weighted by atomic mass is 16.7. The molecule has 0 bridgehead atoms. The number of amides is 1. The molecule has 0 aromatic carbocycles. The van der Waals surface area contributed by atoms with E-state index in [0.29, 0.717) is 32.3 Å². The fourth-order valence-corrected chi connectivity index (χ4v) is 3.47. The molecule has 0 radical (unpaired) electrons. The van der Waals surface area contributed by atoms with Gasteiger partial charge in [-0.15, -0.1) is 0 Å². The lowest BCUT2D eigenvalue weighted by molar-refractivity contribution is -0.183. The van der Waals surface area contributed by atoms with Gasteiger partial charge in [0.15, 0.2) is 11.8 Å². The van der Waals surface area contributed by atoms with Gasteiger partial charge in [-0.05, 0) is 18.8 Å². The highest BCUT2D eigenvalue weighted by molar-refractivity contribution is 5.88. The van der Waals surface area contributed by atoms with E-state index < -0.39 is 0 Å². The van der Waals surface area contributed by atoms with Gasteiger partial charge in [0.1, 0.15) is 0 Å². The number of nitrogens with zero attached hydrogens (tertiary/aromatic N) is 2. The summed E-state index contributed by atoms with van der Waals surface area (Å²) in [5, 5.41) is 0. The molecule has 2 fully saturated rings. The van der Waals surface area contributed by atoms with E-state index in [9.17, 15) is 4.79 Å². The number of hydrogen-bond donors (Lipinski definition) is 0. The van der Waals surface area contributed by atoms with Gasteiger partial charge in [-0.2, -0.15) is 0 Å². The van der Waals surface area contributed by atoms with Gasteiger partial charge in [0.25, 0.3) is 0 Å². The highest BCUT2D eigenvalue weighted by Gasteiger charge is 2.41. The molecular weight excluding hydrogens is 272 g/mol. The number of ether oxygens (including phenoxy) is 3. The van der Waals surface area contributed by atoms with Crippen LogP contribution in [0.1, 0.15) is 25.7 Å². The molecule has 1 atom stereocenters. The van der Waals surface area contributed by atoms with E-state index in [1.807, 2.05) is 11.1 Å². The van der Waals surface area contributed by atoms with Crippen LogP contribution in [0.4, 0.5) is 0 Å². The van der Waals surface area contributed by atoms with Gasteiger partial charge < -0.3 is 19.1 Å². The Kier molecular flexibility index (Phi) is 4.57. The van der Waals surface area contributed by atoms with Crippen LogP contribution in [0, 0.1) is 5.92 Å². The van der Waals surface area contributed by atoms with E-state index in [4.69, 9.17) is 14.2 Å². The predicted molar refractivity (Wildman–Crippen MR) is 77.3 cm³/mol. The first kappa shape index (κ1) is 14.9. The topological polar surface area (TPSA) is 60.4 Å². The molecular formula is C15H24N2O4. The van der Waals surface area contributed by atoms with Gasteiger partial charge >= 0.3 is 0 Å². The molecule has 3 rings (SSSR count). The lowest BCUT2D eigenvalue weighted by atomic mass is 9.84. The van der Waals surface area contributed by atoms with E-state index in [0.717, 1.165) is 32.2 Å². The zero-order chi connectivity index (χ0) is 14.7. The van der Waals surface area contributed by atoms with Crippen LogP contribution in [0.2, 0.25) is 0 Å². The third-order valence-electron chi connectivity index (χ3n) is 4.67. The molecule has 2 heterocycles. The van der Waals surface area contributed by atoms with Crippen molar-refractivity contribution in [3.8, 4) is 0 Å². The van der Waals surface area contributed by atoms with Crippen LogP contribution in [0.15, 0.2) is 4.99 Å². The Bertz CT molecular complexity index is 396. The Hall–Kier alpha value is -0.980.